The van der Waals surface area contributed by atoms with E-state index >= 15 is 0 Å². The number of carboxylic acid groups (broad SMARTS) is 1. The first-order valence-electron chi connectivity index (χ1n) is 8.90. The summed E-state index contributed by atoms with van der Waals surface area (Å²) in [5, 5.41) is 14.6. The largest absolute Gasteiger partial charge is 0.481 e. The summed E-state index contributed by atoms with van der Waals surface area (Å²) >= 11 is 0. The Kier molecular flexibility index (Phi) is 5.06. The number of aromatic nitrogens is 2. The summed E-state index contributed by atoms with van der Waals surface area (Å²) in [6.45, 7) is 5.05. The molecule has 1 amide bonds. The lowest BCUT2D eigenvalue weighted by molar-refractivity contribution is -0.143. The minimum atomic E-state index is -0.884. The standard InChI is InChI=1S/C19H23N3O4/c1-12(2)10-22-17(23)15-8-4-3-7-14(15)16(20-22)18(24)21-9-5-6-13(11-21)19(25)26/h3-4,7-8,12-13H,5-6,9-11H2,1-2H3,(H,25,26)/t13-/m0/s1. The van der Waals surface area contributed by atoms with Crippen molar-refractivity contribution in [2.45, 2.75) is 33.2 Å². The van der Waals surface area contributed by atoms with E-state index in [1.54, 1.807) is 29.2 Å². The maximum Gasteiger partial charge on any atom is 0.308 e. The van der Waals surface area contributed by atoms with Crippen LogP contribution in [-0.4, -0.2) is 44.8 Å². The molecule has 0 spiro atoms. The van der Waals surface area contributed by atoms with E-state index in [1.807, 2.05) is 13.8 Å². The van der Waals surface area contributed by atoms with Gasteiger partial charge in [-0.05, 0) is 24.8 Å². The number of carboxylic acids is 1. The van der Waals surface area contributed by atoms with E-state index in [9.17, 15) is 19.5 Å². The van der Waals surface area contributed by atoms with Gasteiger partial charge in [0.2, 0.25) is 0 Å². The molecule has 1 aromatic carbocycles. The highest BCUT2D eigenvalue weighted by molar-refractivity contribution is 6.04. The lowest BCUT2D eigenvalue weighted by atomic mass is 9.98. The Hall–Kier alpha value is -2.70. The van der Waals surface area contributed by atoms with Crippen LogP contribution >= 0.6 is 0 Å². The molecule has 1 aromatic heterocycles. The summed E-state index contributed by atoms with van der Waals surface area (Å²) in [7, 11) is 0. The number of amides is 1. The van der Waals surface area contributed by atoms with Gasteiger partial charge in [0.25, 0.3) is 11.5 Å². The number of carbonyl (C=O) groups is 2. The molecule has 26 heavy (non-hydrogen) atoms. The van der Waals surface area contributed by atoms with E-state index < -0.39 is 11.9 Å². The molecule has 7 nitrogen and oxygen atoms in total. The van der Waals surface area contributed by atoms with Gasteiger partial charge in [-0.2, -0.15) is 5.10 Å². The van der Waals surface area contributed by atoms with Crippen molar-refractivity contribution in [2.75, 3.05) is 13.1 Å². The Morgan fingerprint density at radius 1 is 1.27 bits per heavy atom. The van der Waals surface area contributed by atoms with Gasteiger partial charge in [-0.1, -0.05) is 32.0 Å². The predicted molar refractivity (Wildman–Crippen MR) is 97.1 cm³/mol. The van der Waals surface area contributed by atoms with E-state index in [1.165, 1.54) is 4.68 Å². The number of carbonyl (C=O) groups excluding carboxylic acids is 1. The van der Waals surface area contributed by atoms with Crippen molar-refractivity contribution < 1.29 is 14.7 Å². The first kappa shape index (κ1) is 18.1. The molecular formula is C19H23N3O4. The zero-order valence-corrected chi connectivity index (χ0v) is 15.0. The van der Waals surface area contributed by atoms with Crippen molar-refractivity contribution in [1.29, 1.82) is 0 Å². The van der Waals surface area contributed by atoms with Crippen LogP contribution in [0.4, 0.5) is 0 Å². The first-order chi connectivity index (χ1) is 12.4. The van der Waals surface area contributed by atoms with Crippen molar-refractivity contribution in [3.05, 3.63) is 40.3 Å². The van der Waals surface area contributed by atoms with Gasteiger partial charge in [0.05, 0.1) is 11.3 Å². The number of fused-ring (bicyclic) bond motifs is 1. The molecular weight excluding hydrogens is 334 g/mol. The van der Waals surface area contributed by atoms with E-state index in [2.05, 4.69) is 5.10 Å². The highest BCUT2D eigenvalue weighted by atomic mass is 16.4. The predicted octanol–water partition coefficient (Wildman–Crippen LogP) is 1.99. The number of piperidine rings is 1. The normalized spacial score (nSPS) is 17.7. The van der Waals surface area contributed by atoms with Gasteiger partial charge in [0, 0.05) is 25.0 Å². The highest BCUT2D eigenvalue weighted by Crippen LogP contribution is 2.21. The van der Waals surface area contributed by atoms with Gasteiger partial charge in [-0.25, -0.2) is 4.68 Å². The van der Waals surface area contributed by atoms with Crippen molar-refractivity contribution in [3.63, 3.8) is 0 Å². The monoisotopic (exact) mass is 357 g/mol. The fourth-order valence-corrected chi connectivity index (χ4v) is 3.38. The number of likely N-dealkylation sites (tertiary alicyclic amines) is 1. The summed E-state index contributed by atoms with van der Waals surface area (Å²) in [6.07, 6.45) is 1.21. The van der Waals surface area contributed by atoms with Gasteiger partial charge < -0.3 is 10.0 Å². The molecule has 1 atom stereocenters. The SMILES string of the molecule is CC(C)Cn1nc(C(=O)N2CCC[C@H](C(=O)O)C2)c2ccccc2c1=O. The van der Waals surface area contributed by atoms with Gasteiger partial charge in [0.1, 0.15) is 0 Å². The van der Waals surface area contributed by atoms with Crippen LogP contribution in [-0.2, 0) is 11.3 Å². The second-order valence-corrected chi connectivity index (χ2v) is 7.20. The summed E-state index contributed by atoms with van der Waals surface area (Å²) in [4.78, 5) is 38.6. The van der Waals surface area contributed by atoms with Gasteiger partial charge >= 0.3 is 5.97 Å². The molecule has 1 N–H and O–H groups in total. The lowest BCUT2D eigenvalue weighted by Crippen LogP contribution is -2.43. The topological polar surface area (TPSA) is 92.5 Å². The molecule has 7 heteroatoms. The smallest absolute Gasteiger partial charge is 0.308 e. The summed E-state index contributed by atoms with van der Waals surface area (Å²) < 4.78 is 1.35. The second kappa shape index (κ2) is 7.27. The number of hydrogen-bond acceptors (Lipinski definition) is 4. The van der Waals surface area contributed by atoms with Gasteiger partial charge in [-0.3, -0.25) is 14.4 Å². The Bertz CT molecular complexity index is 903. The molecule has 0 unspecified atom stereocenters. The molecule has 1 fully saturated rings. The molecule has 0 aliphatic carbocycles. The van der Waals surface area contributed by atoms with Crippen molar-refractivity contribution >= 4 is 22.6 Å². The Morgan fingerprint density at radius 3 is 2.62 bits per heavy atom. The minimum Gasteiger partial charge on any atom is -0.481 e. The van der Waals surface area contributed by atoms with Crippen LogP contribution in [0.15, 0.2) is 29.1 Å². The van der Waals surface area contributed by atoms with Crippen LogP contribution < -0.4 is 5.56 Å². The van der Waals surface area contributed by atoms with E-state index in [0.29, 0.717) is 36.7 Å². The number of aliphatic carboxylic acids is 1. The molecule has 1 aliphatic rings. The Morgan fingerprint density at radius 2 is 1.96 bits per heavy atom. The fourth-order valence-electron chi connectivity index (χ4n) is 3.38. The molecule has 2 aromatic rings. The molecule has 0 bridgehead atoms. The molecule has 0 saturated carbocycles. The van der Waals surface area contributed by atoms with Crippen molar-refractivity contribution in [3.8, 4) is 0 Å². The zero-order valence-electron chi connectivity index (χ0n) is 15.0. The summed E-state index contributed by atoms with van der Waals surface area (Å²) in [5.74, 6) is -1.55. The third-order valence-electron chi connectivity index (χ3n) is 4.67. The van der Waals surface area contributed by atoms with Crippen LogP contribution in [0, 0.1) is 11.8 Å². The van der Waals surface area contributed by atoms with Crippen LogP contribution in [0.1, 0.15) is 37.2 Å². The third-order valence-corrected chi connectivity index (χ3v) is 4.67. The average molecular weight is 357 g/mol. The quantitative estimate of drug-likeness (QED) is 0.903. The number of benzene rings is 1. The number of rotatable bonds is 4. The molecule has 1 aliphatic heterocycles. The molecule has 2 heterocycles. The fraction of sp³-hybridized carbons (Fsp3) is 0.474. The number of nitrogens with zero attached hydrogens (tertiary/aromatic N) is 3. The van der Waals surface area contributed by atoms with Crippen molar-refractivity contribution in [1.82, 2.24) is 14.7 Å². The Labute approximate surface area is 151 Å². The molecule has 138 valence electrons. The first-order valence-corrected chi connectivity index (χ1v) is 8.90. The van der Waals surface area contributed by atoms with Crippen LogP contribution in [0.5, 0.6) is 0 Å². The minimum absolute atomic E-state index is 0.174. The van der Waals surface area contributed by atoms with Crippen LogP contribution in [0.2, 0.25) is 0 Å². The summed E-state index contributed by atoms with van der Waals surface area (Å²) in [5.41, 5.74) is -0.000189. The molecule has 1 saturated heterocycles. The second-order valence-electron chi connectivity index (χ2n) is 7.20. The van der Waals surface area contributed by atoms with E-state index in [4.69, 9.17) is 0 Å². The summed E-state index contributed by atoms with van der Waals surface area (Å²) in [6, 6.07) is 6.95. The maximum atomic E-state index is 13.1. The van der Waals surface area contributed by atoms with Gasteiger partial charge in [-0.15, -0.1) is 0 Å². The highest BCUT2D eigenvalue weighted by Gasteiger charge is 2.30. The number of hydrogen-bond donors (Lipinski definition) is 1. The molecule has 3 rings (SSSR count). The average Bonchev–Trinajstić information content (AvgIpc) is 2.63. The van der Waals surface area contributed by atoms with Gasteiger partial charge in [0.15, 0.2) is 5.69 Å². The van der Waals surface area contributed by atoms with Crippen molar-refractivity contribution in [2.24, 2.45) is 11.8 Å². The van der Waals surface area contributed by atoms with E-state index in [-0.39, 0.29) is 29.6 Å². The van der Waals surface area contributed by atoms with E-state index in [0.717, 1.165) is 0 Å². The third kappa shape index (κ3) is 3.47. The lowest BCUT2D eigenvalue weighted by Gasteiger charge is -2.30. The zero-order chi connectivity index (χ0) is 18.8. The van der Waals surface area contributed by atoms with Crippen LogP contribution in [0.25, 0.3) is 10.8 Å². The van der Waals surface area contributed by atoms with Crippen LogP contribution in [0.3, 0.4) is 0 Å². The maximum absolute atomic E-state index is 13.1. The Balaban J connectivity index is 2.05. The molecule has 0 radical (unpaired) electrons.